The first-order valence-electron chi connectivity index (χ1n) is 10.2. The summed E-state index contributed by atoms with van der Waals surface area (Å²) in [6, 6.07) is 23.5. The summed E-state index contributed by atoms with van der Waals surface area (Å²) >= 11 is 6.24. The van der Waals surface area contributed by atoms with Gasteiger partial charge in [0, 0.05) is 26.7 Å². The number of rotatable bonds is 3. The molecule has 3 aromatic carbocycles. The van der Waals surface area contributed by atoms with E-state index in [4.69, 9.17) is 20.4 Å². The van der Waals surface area contributed by atoms with Gasteiger partial charge in [0.15, 0.2) is 0 Å². The van der Waals surface area contributed by atoms with Gasteiger partial charge in [-0.3, -0.25) is 0 Å². The Morgan fingerprint density at radius 3 is 2.39 bits per heavy atom. The van der Waals surface area contributed by atoms with Crippen LogP contribution in [-0.4, -0.2) is 4.98 Å². The van der Waals surface area contributed by atoms with E-state index in [1.165, 1.54) is 0 Å². The maximum Gasteiger partial charge on any atom is 0.360 e. The van der Waals surface area contributed by atoms with Gasteiger partial charge in [-0.25, -0.2) is 9.59 Å². The van der Waals surface area contributed by atoms with Gasteiger partial charge in [0.25, 0.3) is 0 Å². The second-order valence-corrected chi connectivity index (χ2v) is 8.07. The van der Waals surface area contributed by atoms with E-state index in [0.717, 1.165) is 16.3 Å². The molecule has 2 N–H and O–H groups in total. The molecule has 6 aromatic rings. The Morgan fingerprint density at radius 2 is 1.55 bits per heavy atom. The molecule has 7 heteroatoms. The summed E-state index contributed by atoms with van der Waals surface area (Å²) in [5.41, 5.74) is 2.34. The number of para-hydroxylation sites is 2. The molecule has 0 spiro atoms. The maximum atomic E-state index is 12.8. The Balaban J connectivity index is 1.69. The molecule has 0 saturated heterocycles. The van der Waals surface area contributed by atoms with Crippen LogP contribution in [0.1, 0.15) is 0 Å². The van der Waals surface area contributed by atoms with Crippen molar-refractivity contribution < 1.29 is 8.83 Å². The first-order chi connectivity index (χ1) is 16.1. The normalized spacial score (nSPS) is 11.4. The molecule has 0 saturated carbocycles. The van der Waals surface area contributed by atoms with Crippen molar-refractivity contribution in [2.75, 3.05) is 5.32 Å². The lowest BCUT2D eigenvalue weighted by molar-refractivity contribution is 0.564. The Morgan fingerprint density at radius 1 is 0.788 bits per heavy atom. The highest BCUT2D eigenvalue weighted by atomic mass is 35.5. The quantitative estimate of drug-likeness (QED) is 0.300. The third-order valence-corrected chi connectivity index (χ3v) is 5.81. The zero-order chi connectivity index (χ0) is 22.5. The zero-order valence-electron chi connectivity index (χ0n) is 17.0. The highest BCUT2D eigenvalue weighted by Crippen LogP contribution is 2.39. The standard InChI is InChI=1S/C26H15ClN2O4/c27-16-8-5-7-15(12-16)22-23(28-18-13-14-6-1-3-10-19(14)32-25(18)30)21-17-9-2-4-11-20(17)33-26(31)24(21)29-22/h1-13,28-29H. The van der Waals surface area contributed by atoms with Crippen LogP contribution in [0.5, 0.6) is 0 Å². The molecule has 0 fully saturated rings. The van der Waals surface area contributed by atoms with Crippen LogP contribution in [0.2, 0.25) is 5.02 Å². The zero-order valence-corrected chi connectivity index (χ0v) is 17.8. The molecule has 0 bridgehead atoms. The average Bonchev–Trinajstić information content (AvgIpc) is 3.20. The van der Waals surface area contributed by atoms with E-state index in [1.807, 2.05) is 36.4 Å². The lowest BCUT2D eigenvalue weighted by Crippen LogP contribution is -2.07. The molecular weight excluding hydrogens is 440 g/mol. The molecule has 0 aliphatic carbocycles. The van der Waals surface area contributed by atoms with E-state index in [2.05, 4.69) is 10.3 Å². The molecule has 3 aromatic heterocycles. The lowest BCUT2D eigenvalue weighted by Gasteiger charge is -2.10. The maximum absolute atomic E-state index is 12.8. The van der Waals surface area contributed by atoms with Gasteiger partial charge in [0.1, 0.15) is 22.4 Å². The number of aromatic nitrogens is 1. The fourth-order valence-corrected chi connectivity index (χ4v) is 4.30. The molecule has 0 aliphatic rings. The summed E-state index contributed by atoms with van der Waals surface area (Å²) < 4.78 is 11.0. The third kappa shape index (κ3) is 3.20. The van der Waals surface area contributed by atoms with Crippen LogP contribution in [0.4, 0.5) is 11.4 Å². The van der Waals surface area contributed by atoms with Crippen LogP contribution in [0.3, 0.4) is 0 Å². The SMILES string of the molecule is O=c1oc2ccccc2cc1Nc1c(-c2cccc(Cl)c2)[nH]c2c(=O)oc3ccccc3c12. The number of hydrogen-bond donors (Lipinski definition) is 2. The van der Waals surface area contributed by atoms with Crippen LogP contribution in [0, 0.1) is 0 Å². The summed E-state index contributed by atoms with van der Waals surface area (Å²) in [7, 11) is 0. The summed E-state index contributed by atoms with van der Waals surface area (Å²) in [5.74, 6) is 0. The Bertz CT molecular complexity index is 1810. The predicted octanol–water partition coefficient (Wildman–Crippen LogP) is 6.44. The summed E-state index contributed by atoms with van der Waals surface area (Å²) in [5, 5.41) is 5.89. The topological polar surface area (TPSA) is 88.2 Å². The first kappa shape index (κ1) is 19.4. The second-order valence-electron chi connectivity index (χ2n) is 7.63. The Labute approximate surface area is 191 Å². The van der Waals surface area contributed by atoms with Crippen molar-refractivity contribution in [2.45, 2.75) is 0 Å². The van der Waals surface area contributed by atoms with Gasteiger partial charge in [-0.05, 0) is 30.3 Å². The monoisotopic (exact) mass is 454 g/mol. The molecule has 0 atom stereocenters. The number of aromatic amines is 1. The highest BCUT2D eigenvalue weighted by Gasteiger charge is 2.21. The van der Waals surface area contributed by atoms with Crippen molar-refractivity contribution in [1.82, 2.24) is 4.98 Å². The number of H-pyrrole nitrogens is 1. The lowest BCUT2D eigenvalue weighted by atomic mass is 10.1. The molecular formula is C26H15ClN2O4. The molecule has 0 aliphatic heterocycles. The van der Waals surface area contributed by atoms with Crippen LogP contribution in [-0.2, 0) is 0 Å². The average molecular weight is 455 g/mol. The van der Waals surface area contributed by atoms with Crippen molar-refractivity contribution in [3.8, 4) is 11.3 Å². The third-order valence-electron chi connectivity index (χ3n) is 5.58. The van der Waals surface area contributed by atoms with E-state index < -0.39 is 11.3 Å². The smallest absolute Gasteiger partial charge is 0.360 e. The number of halogens is 1. The van der Waals surface area contributed by atoms with Crippen molar-refractivity contribution in [2.24, 2.45) is 0 Å². The molecule has 3 heterocycles. The van der Waals surface area contributed by atoms with Crippen molar-refractivity contribution >= 4 is 55.8 Å². The number of fused-ring (bicyclic) bond motifs is 4. The van der Waals surface area contributed by atoms with Gasteiger partial charge in [-0.1, -0.05) is 60.1 Å². The molecule has 0 unspecified atom stereocenters. The van der Waals surface area contributed by atoms with Crippen LogP contribution < -0.4 is 16.6 Å². The number of benzene rings is 3. The largest absolute Gasteiger partial charge is 0.421 e. The Hall–Kier alpha value is -4.29. The molecule has 0 amide bonds. The first-order valence-corrected chi connectivity index (χ1v) is 10.6. The second kappa shape index (κ2) is 7.39. The predicted molar refractivity (Wildman–Crippen MR) is 131 cm³/mol. The van der Waals surface area contributed by atoms with Gasteiger partial charge in [0.2, 0.25) is 0 Å². The van der Waals surface area contributed by atoms with Gasteiger partial charge < -0.3 is 19.1 Å². The van der Waals surface area contributed by atoms with E-state index in [-0.39, 0.29) is 11.2 Å². The van der Waals surface area contributed by atoms with Crippen molar-refractivity contribution in [3.05, 3.63) is 105 Å². The van der Waals surface area contributed by atoms with E-state index in [9.17, 15) is 9.59 Å². The molecule has 160 valence electrons. The molecule has 6 rings (SSSR count). The Kier molecular flexibility index (Phi) is 4.35. The van der Waals surface area contributed by atoms with E-state index >= 15 is 0 Å². The minimum Gasteiger partial charge on any atom is -0.421 e. The molecule has 0 radical (unpaired) electrons. The van der Waals surface area contributed by atoms with Crippen molar-refractivity contribution in [3.63, 3.8) is 0 Å². The van der Waals surface area contributed by atoms with Crippen molar-refractivity contribution in [1.29, 1.82) is 0 Å². The van der Waals surface area contributed by atoms with Crippen LogP contribution >= 0.6 is 11.6 Å². The van der Waals surface area contributed by atoms with Gasteiger partial charge >= 0.3 is 11.3 Å². The minimum absolute atomic E-state index is 0.246. The van der Waals surface area contributed by atoms with Gasteiger partial charge in [-0.2, -0.15) is 0 Å². The summed E-state index contributed by atoms with van der Waals surface area (Å²) in [6.45, 7) is 0. The van der Waals surface area contributed by atoms with Gasteiger partial charge in [-0.15, -0.1) is 0 Å². The fraction of sp³-hybridized carbons (Fsp3) is 0. The number of nitrogens with one attached hydrogen (secondary N) is 2. The summed E-state index contributed by atoms with van der Waals surface area (Å²) in [6.07, 6.45) is 0. The summed E-state index contributed by atoms with van der Waals surface area (Å²) in [4.78, 5) is 28.8. The van der Waals surface area contributed by atoms with Crippen LogP contribution in [0.25, 0.3) is 44.1 Å². The fourth-order valence-electron chi connectivity index (χ4n) is 4.10. The number of anilines is 2. The van der Waals surface area contributed by atoms with Crippen LogP contribution in [0.15, 0.2) is 97.3 Å². The van der Waals surface area contributed by atoms with E-state index in [0.29, 0.717) is 33.0 Å². The number of hydrogen-bond acceptors (Lipinski definition) is 5. The molecule has 33 heavy (non-hydrogen) atoms. The highest BCUT2D eigenvalue weighted by molar-refractivity contribution is 6.31. The minimum atomic E-state index is -0.521. The van der Waals surface area contributed by atoms with E-state index in [1.54, 1.807) is 42.5 Å². The van der Waals surface area contributed by atoms with Gasteiger partial charge in [0.05, 0.1) is 11.4 Å². The molecule has 6 nitrogen and oxygen atoms in total.